The van der Waals surface area contributed by atoms with E-state index in [1.54, 1.807) is 0 Å². The minimum absolute atomic E-state index is 0.461. The first-order valence-electron chi connectivity index (χ1n) is 8.47. The number of piperidine rings is 1. The van der Waals surface area contributed by atoms with E-state index in [2.05, 4.69) is 37.1 Å². The molecule has 1 N–H and O–H groups in total. The second kappa shape index (κ2) is 6.30. The van der Waals surface area contributed by atoms with E-state index >= 15 is 0 Å². The lowest BCUT2D eigenvalue weighted by Crippen LogP contribution is -2.44. The van der Waals surface area contributed by atoms with Crippen LogP contribution in [0.4, 0.5) is 5.95 Å². The summed E-state index contributed by atoms with van der Waals surface area (Å²) < 4.78 is 0. The fraction of sp³-hybridized carbons (Fsp3) is 0.765. The summed E-state index contributed by atoms with van der Waals surface area (Å²) in [5.74, 6) is 2.16. The summed E-state index contributed by atoms with van der Waals surface area (Å²) in [5, 5.41) is 3.67. The van der Waals surface area contributed by atoms with Crippen LogP contribution in [0.25, 0.3) is 0 Å². The number of nitrogens with zero attached hydrogens (tertiary/aromatic N) is 3. The number of aromatic nitrogens is 2. The van der Waals surface area contributed by atoms with Crippen LogP contribution >= 0.6 is 0 Å². The van der Waals surface area contributed by atoms with E-state index in [0.29, 0.717) is 12.0 Å². The largest absolute Gasteiger partial charge is 0.340 e. The van der Waals surface area contributed by atoms with Crippen LogP contribution in [0.15, 0.2) is 6.07 Å². The third-order valence-corrected chi connectivity index (χ3v) is 4.86. The van der Waals surface area contributed by atoms with Crippen LogP contribution in [0, 0.1) is 12.8 Å². The van der Waals surface area contributed by atoms with Gasteiger partial charge in [-0.2, -0.15) is 0 Å². The zero-order chi connectivity index (χ0) is 14.8. The van der Waals surface area contributed by atoms with E-state index in [0.717, 1.165) is 30.6 Å². The van der Waals surface area contributed by atoms with Crippen molar-refractivity contribution < 1.29 is 0 Å². The van der Waals surface area contributed by atoms with Gasteiger partial charge >= 0.3 is 0 Å². The maximum absolute atomic E-state index is 4.81. The van der Waals surface area contributed by atoms with E-state index in [-0.39, 0.29) is 0 Å². The molecule has 0 aromatic carbocycles. The van der Waals surface area contributed by atoms with Gasteiger partial charge in [-0.3, -0.25) is 0 Å². The fourth-order valence-corrected chi connectivity index (χ4v) is 3.65. The Labute approximate surface area is 128 Å². The number of anilines is 1. The van der Waals surface area contributed by atoms with Gasteiger partial charge in [-0.05, 0) is 57.1 Å². The topological polar surface area (TPSA) is 41.1 Å². The Morgan fingerprint density at radius 3 is 2.81 bits per heavy atom. The van der Waals surface area contributed by atoms with E-state index < -0.39 is 0 Å². The molecule has 4 heteroatoms. The van der Waals surface area contributed by atoms with Crippen molar-refractivity contribution in [1.82, 2.24) is 15.3 Å². The van der Waals surface area contributed by atoms with Crippen molar-refractivity contribution in [2.45, 2.75) is 58.4 Å². The first-order chi connectivity index (χ1) is 10.1. The van der Waals surface area contributed by atoms with Crippen LogP contribution in [0.2, 0.25) is 0 Å². The highest BCUT2D eigenvalue weighted by molar-refractivity contribution is 5.34. The highest BCUT2D eigenvalue weighted by Gasteiger charge is 2.30. The molecule has 3 rings (SSSR count). The fourth-order valence-electron chi connectivity index (χ4n) is 3.65. The molecule has 2 aliphatic heterocycles. The predicted molar refractivity (Wildman–Crippen MR) is 86.8 cm³/mol. The van der Waals surface area contributed by atoms with Crippen LogP contribution in [0.3, 0.4) is 0 Å². The van der Waals surface area contributed by atoms with Crippen LogP contribution in [0.5, 0.6) is 0 Å². The summed E-state index contributed by atoms with van der Waals surface area (Å²) in [6.45, 7) is 9.89. The summed E-state index contributed by atoms with van der Waals surface area (Å²) in [7, 11) is 0. The minimum atomic E-state index is 0.461. The molecule has 2 atom stereocenters. The average molecular weight is 288 g/mol. The third-order valence-electron chi connectivity index (χ3n) is 4.86. The Hall–Kier alpha value is -1.16. The average Bonchev–Trinajstić information content (AvgIpc) is 3.01. The lowest BCUT2D eigenvalue weighted by Gasteiger charge is -2.36. The number of nitrogens with one attached hydrogen (secondary N) is 1. The Morgan fingerprint density at radius 2 is 2.10 bits per heavy atom. The molecule has 1 aromatic heterocycles. The molecule has 2 fully saturated rings. The molecule has 4 nitrogen and oxygen atoms in total. The smallest absolute Gasteiger partial charge is 0.225 e. The van der Waals surface area contributed by atoms with Crippen molar-refractivity contribution in [1.29, 1.82) is 0 Å². The summed E-state index contributed by atoms with van der Waals surface area (Å²) in [4.78, 5) is 11.9. The van der Waals surface area contributed by atoms with Crippen molar-refractivity contribution in [3.63, 3.8) is 0 Å². The van der Waals surface area contributed by atoms with Crippen LogP contribution in [-0.4, -0.2) is 35.6 Å². The summed E-state index contributed by atoms with van der Waals surface area (Å²) in [5.41, 5.74) is 2.25. The highest BCUT2D eigenvalue weighted by Crippen LogP contribution is 2.27. The molecule has 0 saturated carbocycles. The van der Waals surface area contributed by atoms with Gasteiger partial charge < -0.3 is 10.2 Å². The monoisotopic (exact) mass is 288 g/mol. The van der Waals surface area contributed by atoms with E-state index in [9.17, 15) is 0 Å². The molecule has 116 valence electrons. The molecular formula is C17H28N4. The summed E-state index contributed by atoms with van der Waals surface area (Å²) in [6.07, 6.45) is 5.28. The van der Waals surface area contributed by atoms with E-state index in [4.69, 9.17) is 9.97 Å². The number of rotatable bonds is 3. The Bertz CT molecular complexity index is 480. The van der Waals surface area contributed by atoms with Gasteiger partial charge in [0.1, 0.15) is 0 Å². The second-order valence-corrected chi connectivity index (χ2v) is 6.94. The molecule has 0 aliphatic carbocycles. The molecule has 0 radical (unpaired) electrons. The van der Waals surface area contributed by atoms with E-state index in [1.165, 1.54) is 37.9 Å². The molecule has 2 aliphatic rings. The standard InChI is InChI=1S/C17H28N4/c1-12(2)16-10-13(3)19-17(20-16)21-9-5-6-14(11-21)15-7-4-8-18-15/h10,12,14-15,18H,4-9,11H2,1-3H3. The molecule has 21 heavy (non-hydrogen) atoms. The number of hydrogen-bond donors (Lipinski definition) is 1. The summed E-state index contributed by atoms with van der Waals surface area (Å²) >= 11 is 0. The minimum Gasteiger partial charge on any atom is -0.340 e. The van der Waals surface area contributed by atoms with Gasteiger partial charge in [0.2, 0.25) is 5.95 Å². The molecule has 2 unspecified atom stereocenters. The Kier molecular flexibility index (Phi) is 4.43. The lowest BCUT2D eigenvalue weighted by molar-refractivity contribution is 0.326. The van der Waals surface area contributed by atoms with Crippen LogP contribution < -0.4 is 10.2 Å². The highest BCUT2D eigenvalue weighted by atomic mass is 15.3. The maximum Gasteiger partial charge on any atom is 0.225 e. The maximum atomic E-state index is 4.81. The van der Waals surface area contributed by atoms with Gasteiger partial charge in [-0.15, -0.1) is 0 Å². The quantitative estimate of drug-likeness (QED) is 0.928. The van der Waals surface area contributed by atoms with Gasteiger partial charge in [0, 0.05) is 30.5 Å². The van der Waals surface area contributed by atoms with Crippen molar-refractivity contribution in [3.8, 4) is 0 Å². The molecule has 0 bridgehead atoms. The predicted octanol–water partition coefficient (Wildman–Crippen LogP) is 2.88. The first-order valence-corrected chi connectivity index (χ1v) is 8.47. The van der Waals surface area contributed by atoms with Gasteiger partial charge in [0.15, 0.2) is 0 Å². The van der Waals surface area contributed by atoms with Crippen molar-refractivity contribution in [2.24, 2.45) is 5.92 Å². The molecule has 3 heterocycles. The Balaban J connectivity index is 1.76. The van der Waals surface area contributed by atoms with Gasteiger partial charge in [-0.1, -0.05) is 13.8 Å². The zero-order valence-electron chi connectivity index (χ0n) is 13.6. The van der Waals surface area contributed by atoms with Crippen LogP contribution in [-0.2, 0) is 0 Å². The second-order valence-electron chi connectivity index (χ2n) is 6.94. The van der Waals surface area contributed by atoms with Crippen molar-refractivity contribution >= 4 is 5.95 Å². The van der Waals surface area contributed by atoms with Crippen LogP contribution in [0.1, 0.15) is 56.8 Å². The first kappa shape index (κ1) is 14.8. The van der Waals surface area contributed by atoms with E-state index in [1.807, 2.05) is 0 Å². The van der Waals surface area contributed by atoms with Gasteiger partial charge in [-0.25, -0.2) is 9.97 Å². The molecule has 0 amide bonds. The van der Waals surface area contributed by atoms with Gasteiger partial charge in [0.05, 0.1) is 0 Å². The molecule has 2 saturated heterocycles. The SMILES string of the molecule is Cc1cc(C(C)C)nc(N2CCCC(C3CCCN3)C2)n1. The summed E-state index contributed by atoms with van der Waals surface area (Å²) in [6, 6.07) is 2.83. The molecular weight excluding hydrogens is 260 g/mol. The Morgan fingerprint density at radius 1 is 1.24 bits per heavy atom. The zero-order valence-corrected chi connectivity index (χ0v) is 13.6. The lowest BCUT2D eigenvalue weighted by atomic mass is 9.90. The third kappa shape index (κ3) is 3.37. The number of hydrogen-bond acceptors (Lipinski definition) is 4. The van der Waals surface area contributed by atoms with Crippen molar-refractivity contribution in [3.05, 3.63) is 17.5 Å². The molecule has 1 aromatic rings. The van der Waals surface area contributed by atoms with Crippen molar-refractivity contribution in [2.75, 3.05) is 24.5 Å². The van der Waals surface area contributed by atoms with Gasteiger partial charge in [0.25, 0.3) is 0 Å². The normalized spacial score (nSPS) is 26.6. The molecule has 0 spiro atoms. The number of aryl methyl sites for hydroxylation is 1.